The van der Waals surface area contributed by atoms with Crippen LogP contribution in [0.15, 0.2) is 45.9 Å². The molecular weight excluding hydrogens is 366 g/mol. The summed E-state index contributed by atoms with van der Waals surface area (Å²) in [5.74, 6) is 0.911. The number of ether oxygens (including phenoxy) is 1. The van der Waals surface area contributed by atoms with Crippen LogP contribution in [-0.2, 0) is 0 Å². The lowest BCUT2D eigenvalue weighted by atomic mass is 10.0. The molecule has 24 heavy (non-hydrogen) atoms. The summed E-state index contributed by atoms with van der Waals surface area (Å²) in [6, 6.07) is 12.3. The third kappa shape index (κ3) is 5.06. The van der Waals surface area contributed by atoms with Crippen LogP contribution in [0.3, 0.4) is 0 Å². The van der Waals surface area contributed by atoms with Gasteiger partial charge in [-0.05, 0) is 41.4 Å². The number of benzene rings is 1. The highest BCUT2D eigenvalue weighted by atomic mass is 79.9. The minimum absolute atomic E-state index is 0.302. The van der Waals surface area contributed by atoms with E-state index in [0.717, 1.165) is 22.4 Å². The normalized spacial score (nSPS) is 12.4. The van der Waals surface area contributed by atoms with Gasteiger partial charge in [-0.1, -0.05) is 37.3 Å². The number of pyridine rings is 1. The molecule has 0 fully saturated rings. The molecule has 0 N–H and O–H groups in total. The van der Waals surface area contributed by atoms with Gasteiger partial charge in [-0.25, -0.2) is 9.98 Å². The van der Waals surface area contributed by atoms with Crippen LogP contribution in [-0.4, -0.2) is 36.4 Å². The Balaban J connectivity index is 2.06. The van der Waals surface area contributed by atoms with Gasteiger partial charge in [-0.3, -0.25) is 0 Å². The van der Waals surface area contributed by atoms with Crippen molar-refractivity contribution in [2.75, 3.05) is 20.2 Å². The molecule has 0 aliphatic carbocycles. The molecule has 0 aliphatic heterocycles. The van der Waals surface area contributed by atoms with Crippen molar-refractivity contribution in [3.63, 3.8) is 0 Å². The molecule has 1 aromatic heterocycles. The van der Waals surface area contributed by atoms with Gasteiger partial charge in [0.25, 0.3) is 0 Å². The molecule has 128 valence electrons. The standard InChI is InChI=1S/C19H24BrN3O/c1-5-23(4)13-21-18-11-17(20)19(22-15(18)3)24-12-14(2)16-9-7-6-8-10-16/h6-11,13-14H,5,12H2,1-4H3/b21-13+. The van der Waals surface area contributed by atoms with Crippen molar-refractivity contribution in [1.82, 2.24) is 9.88 Å². The Morgan fingerprint density at radius 2 is 2.04 bits per heavy atom. The molecule has 1 aromatic carbocycles. The molecule has 0 radical (unpaired) electrons. The maximum Gasteiger partial charge on any atom is 0.228 e. The molecule has 0 aliphatic rings. The van der Waals surface area contributed by atoms with Crippen LogP contribution < -0.4 is 4.74 Å². The predicted molar refractivity (Wildman–Crippen MR) is 103 cm³/mol. The number of aliphatic imine (C=N–C) groups is 1. The van der Waals surface area contributed by atoms with E-state index in [1.165, 1.54) is 5.56 Å². The summed E-state index contributed by atoms with van der Waals surface area (Å²) in [5, 5.41) is 0. The van der Waals surface area contributed by atoms with Crippen LogP contribution in [0.5, 0.6) is 5.88 Å². The summed E-state index contributed by atoms with van der Waals surface area (Å²) in [7, 11) is 1.99. The number of aromatic nitrogens is 1. The Morgan fingerprint density at radius 1 is 1.33 bits per heavy atom. The van der Waals surface area contributed by atoms with E-state index in [4.69, 9.17) is 4.74 Å². The minimum Gasteiger partial charge on any atom is -0.476 e. The molecule has 4 nitrogen and oxygen atoms in total. The topological polar surface area (TPSA) is 37.7 Å². The van der Waals surface area contributed by atoms with Crippen LogP contribution in [0.25, 0.3) is 0 Å². The summed E-state index contributed by atoms with van der Waals surface area (Å²) >= 11 is 3.54. The highest BCUT2D eigenvalue weighted by Crippen LogP contribution is 2.30. The van der Waals surface area contributed by atoms with Crippen molar-refractivity contribution < 1.29 is 4.74 Å². The van der Waals surface area contributed by atoms with Crippen LogP contribution in [0.1, 0.15) is 31.0 Å². The number of aryl methyl sites for hydroxylation is 1. The fourth-order valence-corrected chi connectivity index (χ4v) is 2.53. The lowest BCUT2D eigenvalue weighted by Gasteiger charge is -2.15. The smallest absolute Gasteiger partial charge is 0.228 e. The van der Waals surface area contributed by atoms with E-state index in [1.54, 1.807) is 0 Å². The Hall–Kier alpha value is -1.88. The average molecular weight is 390 g/mol. The average Bonchev–Trinajstić information content (AvgIpc) is 2.61. The molecule has 0 saturated carbocycles. The molecule has 1 atom stereocenters. The van der Waals surface area contributed by atoms with Crippen molar-refractivity contribution >= 4 is 28.0 Å². The molecule has 1 unspecified atom stereocenters. The van der Waals surface area contributed by atoms with Crippen LogP contribution in [0, 0.1) is 6.92 Å². The van der Waals surface area contributed by atoms with E-state index in [1.807, 2.05) is 49.5 Å². The summed E-state index contributed by atoms with van der Waals surface area (Å²) in [6.45, 7) is 7.66. The third-order valence-corrected chi connectivity index (χ3v) is 4.41. The van der Waals surface area contributed by atoms with Crippen molar-refractivity contribution in [2.24, 2.45) is 4.99 Å². The van der Waals surface area contributed by atoms with Crippen LogP contribution in [0.4, 0.5) is 5.69 Å². The Morgan fingerprint density at radius 3 is 2.71 bits per heavy atom. The molecule has 2 aromatic rings. The minimum atomic E-state index is 0.302. The van der Waals surface area contributed by atoms with E-state index in [9.17, 15) is 0 Å². The van der Waals surface area contributed by atoms with Crippen molar-refractivity contribution in [3.8, 4) is 5.88 Å². The van der Waals surface area contributed by atoms with Gasteiger partial charge in [0, 0.05) is 19.5 Å². The molecule has 0 amide bonds. The first kappa shape index (κ1) is 18.5. The third-order valence-electron chi connectivity index (χ3n) is 3.84. The highest BCUT2D eigenvalue weighted by Gasteiger charge is 2.11. The molecule has 5 heteroatoms. The summed E-state index contributed by atoms with van der Waals surface area (Å²) in [4.78, 5) is 11.0. The number of hydrogen-bond donors (Lipinski definition) is 0. The molecule has 0 spiro atoms. The van der Waals surface area contributed by atoms with Gasteiger partial charge in [-0.2, -0.15) is 0 Å². The monoisotopic (exact) mass is 389 g/mol. The molecule has 0 saturated heterocycles. The van der Waals surface area contributed by atoms with Crippen LogP contribution >= 0.6 is 15.9 Å². The van der Waals surface area contributed by atoms with Crippen LogP contribution in [0.2, 0.25) is 0 Å². The van der Waals surface area contributed by atoms with Gasteiger partial charge in [-0.15, -0.1) is 0 Å². The van der Waals surface area contributed by atoms with E-state index in [-0.39, 0.29) is 0 Å². The first-order chi connectivity index (χ1) is 11.5. The number of hydrogen-bond acceptors (Lipinski definition) is 3. The highest BCUT2D eigenvalue weighted by molar-refractivity contribution is 9.10. The molecule has 1 heterocycles. The zero-order valence-corrected chi connectivity index (χ0v) is 16.2. The van der Waals surface area contributed by atoms with Crippen molar-refractivity contribution in [3.05, 3.63) is 52.1 Å². The Kier molecular flexibility index (Phi) is 6.79. The Bertz CT molecular complexity index is 689. The first-order valence-electron chi connectivity index (χ1n) is 8.10. The second-order valence-electron chi connectivity index (χ2n) is 5.82. The van der Waals surface area contributed by atoms with Gasteiger partial charge >= 0.3 is 0 Å². The largest absolute Gasteiger partial charge is 0.476 e. The Labute approximate surface area is 152 Å². The van der Waals surface area contributed by atoms with Gasteiger partial charge < -0.3 is 9.64 Å². The molecule has 2 rings (SSSR count). The van der Waals surface area contributed by atoms with E-state index in [2.05, 4.69) is 51.9 Å². The SMILES string of the molecule is CCN(C)/C=N/c1cc(Br)c(OCC(C)c2ccccc2)nc1C. The zero-order chi connectivity index (χ0) is 17.5. The summed E-state index contributed by atoms with van der Waals surface area (Å²) < 4.78 is 6.73. The maximum absolute atomic E-state index is 5.92. The van der Waals surface area contributed by atoms with E-state index < -0.39 is 0 Å². The van der Waals surface area contributed by atoms with Gasteiger partial charge in [0.15, 0.2) is 0 Å². The van der Waals surface area contributed by atoms with Gasteiger partial charge in [0.05, 0.1) is 28.8 Å². The summed E-state index contributed by atoms with van der Waals surface area (Å²) in [5.41, 5.74) is 2.95. The quantitative estimate of drug-likeness (QED) is 0.496. The molecular formula is C19H24BrN3O. The first-order valence-corrected chi connectivity index (χ1v) is 8.89. The zero-order valence-electron chi connectivity index (χ0n) is 14.7. The van der Waals surface area contributed by atoms with Gasteiger partial charge in [0.2, 0.25) is 5.88 Å². The lowest BCUT2D eigenvalue weighted by Crippen LogP contribution is -2.14. The fraction of sp³-hybridized carbons (Fsp3) is 0.368. The van der Waals surface area contributed by atoms with Crippen molar-refractivity contribution in [2.45, 2.75) is 26.7 Å². The molecule has 0 bridgehead atoms. The van der Waals surface area contributed by atoms with Crippen molar-refractivity contribution in [1.29, 1.82) is 0 Å². The van der Waals surface area contributed by atoms with E-state index in [0.29, 0.717) is 18.4 Å². The number of nitrogens with zero attached hydrogens (tertiary/aromatic N) is 3. The second-order valence-corrected chi connectivity index (χ2v) is 6.67. The van der Waals surface area contributed by atoms with E-state index >= 15 is 0 Å². The lowest BCUT2D eigenvalue weighted by molar-refractivity contribution is 0.282. The number of rotatable bonds is 7. The fourth-order valence-electron chi connectivity index (χ4n) is 2.11. The number of halogens is 1. The predicted octanol–water partition coefficient (Wildman–Crippen LogP) is 4.95. The maximum atomic E-state index is 5.92. The second kappa shape index (κ2) is 8.83. The summed E-state index contributed by atoms with van der Waals surface area (Å²) in [6.07, 6.45) is 1.81. The van der Waals surface area contributed by atoms with Gasteiger partial charge in [0.1, 0.15) is 0 Å².